The van der Waals surface area contributed by atoms with E-state index in [1.807, 2.05) is 66.7 Å². The Bertz CT molecular complexity index is 724. The highest BCUT2D eigenvalue weighted by Crippen LogP contribution is 2.29. The normalized spacial score (nSPS) is 10.4. The number of aromatic nitrogens is 1. The van der Waals surface area contributed by atoms with Gasteiger partial charge in [-0.1, -0.05) is 48.5 Å². The van der Waals surface area contributed by atoms with Crippen molar-refractivity contribution in [3.63, 3.8) is 0 Å². The first kappa shape index (κ1) is 14.3. The Morgan fingerprint density at radius 3 is 2.32 bits per heavy atom. The standard InChI is InChI=1S/C19H17NO2/c21-13-16-10-11-18(20-12-16)17-8-4-5-9-19(17)22-14-15-6-2-1-3-7-15/h1-12,21H,13-14H2. The van der Waals surface area contributed by atoms with Crippen LogP contribution >= 0.6 is 0 Å². The van der Waals surface area contributed by atoms with E-state index in [1.54, 1.807) is 6.20 Å². The fourth-order valence-electron chi connectivity index (χ4n) is 2.22. The molecule has 0 aliphatic carbocycles. The Morgan fingerprint density at radius 2 is 1.59 bits per heavy atom. The average molecular weight is 291 g/mol. The van der Waals surface area contributed by atoms with Crippen LogP contribution in [0.2, 0.25) is 0 Å². The summed E-state index contributed by atoms with van der Waals surface area (Å²) in [6.45, 7) is 0.520. The summed E-state index contributed by atoms with van der Waals surface area (Å²) in [4.78, 5) is 4.40. The van der Waals surface area contributed by atoms with Gasteiger partial charge in [0.25, 0.3) is 0 Å². The summed E-state index contributed by atoms with van der Waals surface area (Å²) in [7, 11) is 0. The van der Waals surface area contributed by atoms with Gasteiger partial charge < -0.3 is 9.84 Å². The number of ether oxygens (including phenoxy) is 1. The molecular formula is C19H17NO2. The molecule has 0 bridgehead atoms. The van der Waals surface area contributed by atoms with Gasteiger partial charge in [0.05, 0.1) is 12.3 Å². The van der Waals surface area contributed by atoms with Crippen molar-refractivity contribution in [2.24, 2.45) is 0 Å². The Balaban J connectivity index is 1.83. The summed E-state index contributed by atoms with van der Waals surface area (Å²) in [6.07, 6.45) is 1.68. The number of pyridine rings is 1. The molecule has 3 nitrogen and oxygen atoms in total. The highest BCUT2D eigenvalue weighted by Gasteiger charge is 2.07. The van der Waals surface area contributed by atoms with Crippen molar-refractivity contribution in [1.82, 2.24) is 4.98 Å². The molecule has 0 saturated carbocycles. The fraction of sp³-hybridized carbons (Fsp3) is 0.105. The number of aliphatic hydroxyl groups is 1. The van der Waals surface area contributed by atoms with E-state index < -0.39 is 0 Å². The summed E-state index contributed by atoms with van der Waals surface area (Å²) in [5.41, 5.74) is 3.70. The zero-order valence-corrected chi connectivity index (χ0v) is 12.1. The Morgan fingerprint density at radius 1 is 0.818 bits per heavy atom. The number of rotatable bonds is 5. The lowest BCUT2D eigenvalue weighted by molar-refractivity contribution is 0.281. The van der Waals surface area contributed by atoms with Crippen molar-refractivity contribution in [3.8, 4) is 17.0 Å². The van der Waals surface area contributed by atoms with Crippen molar-refractivity contribution < 1.29 is 9.84 Å². The van der Waals surface area contributed by atoms with Gasteiger partial charge in [0, 0.05) is 11.8 Å². The van der Waals surface area contributed by atoms with Crippen LogP contribution in [0.15, 0.2) is 72.9 Å². The zero-order chi connectivity index (χ0) is 15.2. The highest BCUT2D eigenvalue weighted by atomic mass is 16.5. The molecule has 0 atom stereocenters. The smallest absolute Gasteiger partial charge is 0.129 e. The largest absolute Gasteiger partial charge is 0.488 e. The molecule has 3 rings (SSSR count). The summed E-state index contributed by atoms with van der Waals surface area (Å²) in [5, 5.41) is 9.10. The molecule has 0 aliphatic heterocycles. The lowest BCUT2D eigenvalue weighted by Crippen LogP contribution is -1.97. The summed E-state index contributed by atoms with van der Waals surface area (Å²) >= 11 is 0. The van der Waals surface area contributed by atoms with E-state index in [0.717, 1.165) is 28.1 Å². The molecule has 0 radical (unpaired) electrons. The molecule has 0 unspecified atom stereocenters. The van der Waals surface area contributed by atoms with Crippen LogP contribution in [0.4, 0.5) is 0 Å². The van der Waals surface area contributed by atoms with Gasteiger partial charge in [-0.05, 0) is 29.3 Å². The topological polar surface area (TPSA) is 42.4 Å². The van der Waals surface area contributed by atoms with Crippen LogP contribution in [0.5, 0.6) is 5.75 Å². The lowest BCUT2D eigenvalue weighted by atomic mass is 10.1. The number of benzene rings is 2. The Kier molecular flexibility index (Phi) is 4.47. The second-order valence-corrected chi connectivity index (χ2v) is 4.98. The number of aliphatic hydroxyl groups excluding tert-OH is 1. The van der Waals surface area contributed by atoms with Gasteiger partial charge in [0.1, 0.15) is 12.4 Å². The van der Waals surface area contributed by atoms with Gasteiger partial charge >= 0.3 is 0 Å². The molecule has 3 heteroatoms. The maximum atomic E-state index is 9.10. The Labute approximate surface area is 129 Å². The zero-order valence-electron chi connectivity index (χ0n) is 12.1. The third-order valence-corrected chi connectivity index (χ3v) is 3.41. The van der Waals surface area contributed by atoms with Gasteiger partial charge in [0.2, 0.25) is 0 Å². The molecule has 22 heavy (non-hydrogen) atoms. The molecule has 110 valence electrons. The van der Waals surface area contributed by atoms with E-state index in [4.69, 9.17) is 9.84 Å². The van der Waals surface area contributed by atoms with Gasteiger partial charge in [0.15, 0.2) is 0 Å². The average Bonchev–Trinajstić information content (AvgIpc) is 2.61. The number of hydrogen-bond acceptors (Lipinski definition) is 3. The maximum Gasteiger partial charge on any atom is 0.129 e. The minimum atomic E-state index is -0.000562. The SMILES string of the molecule is OCc1ccc(-c2ccccc2OCc2ccccc2)nc1. The molecule has 1 N–H and O–H groups in total. The van der Waals surface area contributed by atoms with Crippen LogP contribution in [0.1, 0.15) is 11.1 Å². The second kappa shape index (κ2) is 6.87. The second-order valence-electron chi connectivity index (χ2n) is 4.98. The minimum Gasteiger partial charge on any atom is -0.488 e. The van der Waals surface area contributed by atoms with E-state index in [9.17, 15) is 0 Å². The molecule has 0 fully saturated rings. The van der Waals surface area contributed by atoms with Gasteiger partial charge in [-0.25, -0.2) is 0 Å². The Hall–Kier alpha value is -2.65. The summed E-state index contributed by atoms with van der Waals surface area (Å²) in [6, 6.07) is 21.7. The highest BCUT2D eigenvalue weighted by molar-refractivity contribution is 5.67. The van der Waals surface area contributed by atoms with Crippen LogP contribution in [0.25, 0.3) is 11.3 Å². The predicted octanol–water partition coefficient (Wildman–Crippen LogP) is 3.82. The van der Waals surface area contributed by atoms with Crippen molar-refractivity contribution in [2.45, 2.75) is 13.2 Å². The van der Waals surface area contributed by atoms with Gasteiger partial charge in [-0.2, -0.15) is 0 Å². The molecule has 1 heterocycles. The predicted molar refractivity (Wildman–Crippen MR) is 86.4 cm³/mol. The molecule has 0 saturated heterocycles. The van der Waals surface area contributed by atoms with Crippen LogP contribution in [0, 0.1) is 0 Å². The maximum absolute atomic E-state index is 9.10. The fourth-order valence-corrected chi connectivity index (χ4v) is 2.22. The first-order valence-corrected chi connectivity index (χ1v) is 7.19. The van der Waals surface area contributed by atoms with E-state index >= 15 is 0 Å². The van der Waals surface area contributed by atoms with Crippen molar-refractivity contribution in [1.29, 1.82) is 0 Å². The summed E-state index contributed by atoms with van der Waals surface area (Å²) in [5.74, 6) is 0.801. The van der Waals surface area contributed by atoms with E-state index in [-0.39, 0.29) is 6.61 Å². The molecular weight excluding hydrogens is 274 g/mol. The first-order valence-electron chi connectivity index (χ1n) is 7.19. The van der Waals surface area contributed by atoms with Gasteiger partial charge in [-0.3, -0.25) is 4.98 Å². The number of nitrogens with zero attached hydrogens (tertiary/aromatic N) is 1. The third kappa shape index (κ3) is 3.32. The molecule has 1 aromatic heterocycles. The minimum absolute atomic E-state index is 0.000562. The van der Waals surface area contributed by atoms with Crippen LogP contribution in [-0.2, 0) is 13.2 Å². The number of para-hydroxylation sites is 1. The van der Waals surface area contributed by atoms with Crippen LogP contribution in [-0.4, -0.2) is 10.1 Å². The van der Waals surface area contributed by atoms with E-state index in [2.05, 4.69) is 4.98 Å². The van der Waals surface area contributed by atoms with Gasteiger partial charge in [-0.15, -0.1) is 0 Å². The summed E-state index contributed by atoms with van der Waals surface area (Å²) < 4.78 is 5.94. The van der Waals surface area contributed by atoms with Crippen LogP contribution < -0.4 is 4.74 Å². The van der Waals surface area contributed by atoms with Crippen molar-refractivity contribution in [3.05, 3.63) is 84.1 Å². The third-order valence-electron chi connectivity index (χ3n) is 3.41. The quantitative estimate of drug-likeness (QED) is 0.777. The van der Waals surface area contributed by atoms with Crippen molar-refractivity contribution >= 4 is 0 Å². The molecule has 3 aromatic rings. The van der Waals surface area contributed by atoms with Crippen LogP contribution in [0.3, 0.4) is 0 Å². The molecule has 0 spiro atoms. The monoisotopic (exact) mass is 291 g/mol. The molecule has 0 aliphatic rings. The first-order chi connectivity index (χ1) is 10.9. The lowest BCUT2D eigenvalue weighted by Gasteiger charge is -2.11. The van der Waals surface area contributed by atoms with E-state index in [1.165, 1.54) is 0 Å². The molecule has 2 aromatic carbocycles. The number of hydrogen-bond donors (Lipinski definition) is 1. The van der Waals surface area contributed by atoms with Crippen molar-refractivity contribution in [2.75, 3.05) is 0 Å². The van der Waals surface area contributed by atoms with E-state index in [0.29, 0.717) is 6.61 Å². The molecule has 0 amide bonds.